The van der Waals surface area contributed by atoms with Gasteiger partial charge in [-0.1, -0.05) is 25.8 Å². The number of hydrogen-bond donors (Lipinski definition) is 1. The Hall–Kier alpha value is -1.44. The molecule has 0 bridgehead atoms. The lowest BCUT2D eigenvalue weighted by Gasteiger charge is -2.34. The van der Waals surface area contributed by atoms with Gasteiger partial charge in [-0.3, -0.25) is 4.79 Å². The van der Waals surface area contributed by atoms with Crippen molar-refractivity contribution in [1.82, 2.24) is 9.62 Å². The Morgan fingerprint density at radius 2 is 1.92 bits per heavy atom. The lowest BCUT2D eigenvalue weighted by atomic mass is 10.2. The Morgan fingerprint density at radius 1 is 1.24 bits per heavy atom. The monoisotopic (exact) mass is 368 g/mol. The minimum absolute atomic E-state index is 0.148. The van der Waals surface area contributed by atoms with Crippen LogP contribution in [0.5, 0.6) is 0 Å². The first-order chi connectivity index (χ1) is 11.8. The molecule has 1 N–H and O–H groups in total. The Kier molecular flexibility index (Phi) is 6.98. The van der Waals surface area contributed by atoms with Crippen LogP contribution in [0.2, 0.25) is 0 Å². The fourth-order valence-electron chi connectivity index (χ4n) is 2.95. The van der Waals surface area contributed by atoms with Crippen molar-refractivity contribution in [2.24, 2.45) is 0 Å². The second-order valence-electron chi connectivity index (χ2n) is 6.57. The lowest BCUT2D eigenvalue weighted by Crippen LogP contribution is -2.48. The second-order valence-corrected chi connectivity index (χ2v) is 8.51. The Labute approximate surface area is 150 Å². The Bertz CT molecular complexity index is 680. The van der Waals surface area contributed by atoms with Crippen LogP contribution in [0.4, 0.5) is 0 Å². The van der Waals surface area contributed by atoms with Gasteiger partial charge in [-0.2, -0.15) is 4.31 Å². The van der Waals surface area contributed by atoms with Crippen LogP contribution in [-0.2, 0) is 14.8 Å². The molecule has 1 amide bonds. The number of rotatable bonds is 7. The summed E-state index contributed by atoms with van der Waals surface area (Å²) < 4.78 is 32.8. The third-order valence-electron chi connectivity index (χ3n) is 4.19. The van der Waals surface area contributed by atoms with E-state index in [9.17, 15) is 13.2 Å². The molecular formula is C18H28N2O4S. The molecule has 0 aromatic heterocycles. The molecule has 6 nitrogen and oxygen atoms in total. The van der Waals surface area contributed by atoms with Crippen LogP contribution in [0.25, 0.3) is 0 Å². The standard InChI is InChI=1S/C18H28N2O4S/c1-4-5-6-10-19-18(21)16-8-7-9-17(11-16)25(22,23)20-12-14(2)24-15(3)13-20/h7-9,11,14-15H,4-6,10,12-13H2,1-3H3,(H,19,21). The molecule has 2 atom stereocenters. The number of carbonyl (C=O) groups is 1. The fourth-order valence-corrected chi connectivity index (χ4v) is 4.59. The van der Waals surface area contributed by atoms with E-state index in [1.54, 1.807) is 12.1 Å². The van der Waals surface area contributed by atoms with E-state index in [4.69, 9.17) is 4.74 Å². The van der Waals surface area contributed by atoms with Crippen molar-refractivity contribution in [3.63, 3.8) is 0 Å². The largest absolute Gasteiger partial charge is 0.373 e. The highest BCUT2D eigenvalue weighted by Gasteiger charge is 2.32. The normalized spacial score (nSPS) is 21.9. The molecule has 0 radical (unpaired) electrons. The molecule has 1 aliphatic rings. The molecule has 2 unspecified atom stereocenters. The van der Waals surface area contributed by atoms with E-state index in [1.165, 1.54) is 16.4 Å². The van der Waals surface area contributed by atoms with Gasteiger partial charge in [0.05, 0.1) is 17.1 Å². The first-order valence-electron chi connectivity index (χ1n) is 8.88. The summed E-state index contributed by atoms with van der Waals surface area (Å²) in [6, 6.07) is 6.24. The summed E-state index contributed by atoms with van der Waals surface area (Å²) in [5.41, 5.74) is 0.368. The van der Waals surface area contributed by atoms with Gasteiger partial charge in [-0.05, 0) is 38.5 Å². The maximum absolute atomic E-state index is 12.9. The van der Waals surface area contributed by atoms with Crippen LogP contribution in [0.1, 0.15) is 50.4 Å². The fraction of sp³-hybridized carbons (Fsp3) is 0.611. The molecule has 1 aromatic carbocycles. The Morgan fingerprint density at radius 3 is 2.56 bits per heavy atom. The summed E-state index contributed by atoms with van der Waals surface area (Å²) in [5.74, 6) is -0.239. The zero-order valence-electron chi connectivity index (χ0n) is 15.2. The summed E-state index contributed by atoms with van der Waals surface area (Å²) in [5, 5.41) is 2.84. The third kappa shape index (κ3) is 5.26. The topological polar surface area (TPSA) is 75.7 Å². The molecule has 7 heteroatoms. The van der Waals surface area contributed by atoms with Crippen molar-refractivity contribution in [3.05, 3.63) is 29.8 Å². The number of benzene rings is 1. The molecule has 140 valence electrons. The van der Waals surface area contributed by atoms with Gasteiger partial charge >= 0.3 is 0 Å². The van der Waals surface area contributed by atoms with E-state index in [2.05, 4.69) is 12.2 Å². The molecule has 0 spiro atoms. The van der Waals surface area contributed by atoms with Crippen LogP contribution in [0, 0.1) is 0 Å². The first-order valence-corrected chi connectivity index (χ1v) is 10.3. The first kappa shape index (κ1) is 19.9. The smallest absolute Gasteiger partial charge is 0.251 e. The molecule has 1 aromatic rings. The summed E-state index contributed by atoms with van der Waals surface area (Å²) in [7, 11) is -3.64. The maximum Gasteiger partial charge on any atom is 0.251 e. The van der Waals surface area contributed by atoms with Crippen molar-refractivity contribution in [1.29, 1.82) is 0 Å². The summed E-state index contributed by atoms with van der Waals surface area (Å²) in [4.78, 5) is 12.4. The van der Waals surface area contributed by atoms with Gasteiger partial charge in [0.15, 0.2) is 0 Å². The molecule has 1 heterocycles. The van der Waals surface area contributed by atoms with Crippen LogP contribution in [-0.4, -0.2) is 50.5 Å². The second kappa shape index (κ2) is 8.78. The SMILES string of the molecule is CCCCCNC(=O)c1cccc(S(=O)(=O)N2CC(C)OC(C)C2)c1. The average Bonchev–Trinajstić information content (AvgIpc) is 2.58. The van der Waals surface area contributed by atoms with Crippen molar-refractivity contribution >= 4 is 15.9 Å². The van der Waals surface area contributed by atoms with Crippen LogP contribution >= 0.6 is 0 Å². The van der Waals surface area contributed by atoms with E-state index < -0.39 is 10.0 Å². The molecule has 1 saturated heterocycles. The van der Waals surface area contributed by atoms with Crippen LogP contribution < -0.4 is 5.32 Å². The molecular weight excluding hydrogens is 340 g/mol. The highest BCUT2D eigenvalue weighted by atomic mass is 32.2. The molecule has 0 aliphatic carbocycles. The molecule has 1 aliphatic heterocycles. The van der Waals surface area contributed by atoms with Crippen molar-refractivity contribution < 1.29 is 17.9 Å². The molecule has 1 fully saturated rings. The number of unbranched alkanes of at least 4 members (excludes halogenated alkanes) is 2. The van der Waals surface area contributed by atoms with Crippen LogP contribution in [0.3, 0.4) is 0 Å². The number of morpholine rings is 1. The number of amides is 1. The number of carbonyl (C=O) groups excluding carboxylic acids is 1. The zero-order valence-corrected chi connectivity index (χ0v) is 16.0. The van der Waals surface area contributed by atoms with E-state index >= 15 is 0 Å². The maximum atomic E-state index is 12.9. The number of sulfonamides is 1. The number of nitrogens with zero attached hydrogens (tertiary/aromatic N) is 1. The predicted octanol–water partition coefficient (Wildman–Crippen LogP) is 2.40. The lowest BCUT2D eigenvalue weighted by molar-refractivity contribution is -0.0440. The predicted molar refractivity (Wildman–Crippen MR) is 97.1 cm³/mol. The number of nitrogens with one attached hydrogen (secondary N) is 1. The highest BCUT2D eigenvalue weighted by Crippen LogP contribution is 2.21. The number of ether oxygens (including phenoxy) is 1. The average molecular weight is 368 g/mol. The van der Waals surface area contributed by atoms with Gasteiger partial charge in [-0.25, -0.2) is 8.42 Å². The van der Waals surface area contributed by atoms with Gasteiger partial charge in [-0.15, -0.1) is 0 Å². The minimum atomic E-state index is -3.64. The van der Waals surface area contributed by atoms with Gasteiger partial charge in [0.1, 0.15) is 0 Å². The quantitative estimate of drug-likeness (QED) is 0.750. The van der Waals surface area contributed by atoms with Crippen molar-refractivity contribution in [2.75, 3.05) is 19.6 Å². The van der Waals surface area contributed by atoms with Gasteiger partial charge in [0.25, 0.3) is 5.91 Å². The molecule has 25 heavy (non-hydrogen) atoms. The van der Waals surface area contributed by atoms with E-state index in [0.717, 1.165) is 19.3 Å². The van der Waals surface area contributed by atoms with Crippen molar-refractivity contribution in [3.8, 4) is 0 Å². The third-order valence-corrected chi connectivity index (χ3v) is 6.01. The van der Waals surface area contributed by atoms with E-state index in [-0.39, 0.29) is 23.0 Å². The van der Waals surface area contributed by atoms with Crippen molar-refractivity contribution in [2.45, 2.75) is 57.1 Å². The zero-order chi connectivity index (χ0) is 18.4. The van der Waals surface area contributed by atoms with Crippen LogP contribution in [0.15, 0.2) is 29.2 Å². The highest BCUT2D eigenvalue weighted by molar-refractivity contribution is 7.89. The summed E-state index contributed by atoms with van der Waals surface area (Å²) in [6.45, 7) is 7.06. The summed E-state index contributed by atoms with van der Waals surface area (Å²) >= 11 is 0. The van der Waals surface area contributed by atoms with E-state index in [0.29, 0.717) is 25.2 Å². The number of hydrogen-bond acceptors (Lipinski definition) is 4. The molecule has 2 rings (SSSR count). The van der Waals surface area contributed by atoms with E-state index in [1.807, 2.05) is 13.8 Å². The van der Waals surface area contributed by atoms with Gasteiger partial charge < -0.3 is 10.1 Å². The van der Waals surface area contributed by atoms with Gasteiger partial charge in [0.2, 0.25) is 10.0 Å². The minimum Gasteiger partial charge on any atom is -0.373 e. The van der Waals surface area contributed by atoms with Gasteiger partial charge in [0, 0.05) is 25.2 Å². The summed E-state index contributed by atoms with van der Waals surface area (Å²) in [6.07, 6.45) is 2.76. The molecule has 0 saturated carbocycles. The Balaban J connectivity index is 2.12.